The average molecular weight is 196 g/mol. The van der Waals surface area contributed by atoms with Crippen LogP contribution in [0.15, 0.2) is 0 Å². The minimum absolute atomic E-state index is 0.115. The van der Waals surface area contributed by atoms with E-state index in [4.69, 9.17) is 12.2 Å². The second-order valence-corrected chi connectivity index (χ2v) is 3.63. The second-order valence-electron chi connectivity index (χ2n) is 1.47. The van der Waals surface area contributed by atoms with Crippen LogP contribution in [0.1, 0.15) is 6.42 Å². The minimum atomic E-state index is -0.115. The van der Waals surface area contributed by atoms with Gasteiger partial charge in [0, 0.05) is 18.9 Å². The lowest BCUT2D eigenvalue weighted by atomic mass is 10.5. The van der Waals surface area contributed by atoms with E-state index in [-0.39, 0.29) is 6.61 Å². The quantitative estimate of drug-likeness (QED) is 0.507. The van der Waals surface area contributed by atoms with Crippen molar-refractivity contribution in [3.8, 4) is 0 Å². The molecule has 0 saturated carbocycles. The van der Waals surface area contributed by atoms with E-state index < -0.39 is 0 Å². The van der Waals surface area contributed by atoms with Crippen LogP contribution in [0.2, 0.25) is 0 Å². The number of rotatable bonds is 4. The Morgan fingerprint density at radius 3 is 2.30 bits per heavy atom. The summed E-state index contributed by atoms with van der Waals surface area (Å²) < 4.78 is 1.87. The molecule has 1 radical (unpaired) electrons. The molecule has 0 aliphatic rings. The minimum Gasteiger partial charge on any atom is -0.252 e. The number of hydrogen-bond donors (Lipinski definition) is 0. The van der Waals surface area contributed by atoms with Crippen LogP contribution in [-0.4, -0.2) is 27.8 Å². The van der Waals surface area contributed by atoms with Gasteiger partial charge in [-0.1, -0.05) is 12.2 Å². The van der Waals surface area contributed by atoms with E-state index in [1.165, 1.54) is 23.9 Å². The van der Waals surface area contributed by atoms with Gasteiger partial charge in [0.25, 0.3) is 0 Å². The molecule has 0 rings (SSSR count). The van der Waals surface area contributed by atoms with E-state index in [0.29, 0.717) is 6.42 Å². The standard InChI is InChI=1S/C5H10NOS3/c1-9-6(10-2)5(8)3-4-7/h3-4H2,1-2H3. The van der Waals surface area contributed by atoms with Gasteiger partial charge in [-0.2, -0.15) is 0 Å². The predicted molar refractivity (Wildman–Crippen MR) is 51.6 cm³/mol. The molecule has 59 valence electrons. The molecule has 0 heterocycles. The maximum Gasteiger partial charge on any atom is 0.102 e. The van der Waals surface area contributed by atoms with E-state index in [1.807, 2.05) is 16.2 Å². The van der Waals surface area contributed by atoms with Gasteiger partial charge < -0.3 is 0 Å². The Kier molecular flexibility index (Phi) is 6.62. The lowest BCUT2D eigenvalue weighted by Gasteiger charge is -2.16. The Labute approximate surface area is 75.6 Å². The molecule has 0 amide bonds. The molecule has 5 heteroatoms. The summed E-state index contributed by atoms with van der Waals surface area (Å²) in [5.41, 5.74) is 0. The second kappa shape index (κ2) is 6.27. The maximum absolute atomic E-state index is 10.1. The smallest absolute Gasteiger partial charge is 0.102 e. The van der Waals surface area contributed by atoms with Crippen molar-refractivity contribution in [3.05, 3.63) is 0 Å². The van der Waals surface area contributed by atoms with Crippen molar-refractivity contribution in [2.45, 2.75) is 6.42 Å². The molecule has 0 aromatic carbocycles. The number of thiocarbonyl (C=S) groups is 1. The maximum atomic E-state index is 10.1. The molecular formula is C5H10NOS3. The van der Waals surface area contributed by atoms with Crippen LogP contribution in [0.5, 0.6) is 0 Å². The topological polar surface area (TPSA) is 23.1 Å². The van der Waals surface area contributed by atoms with Gasteiger partial charge in [-0.3, -0.25) is 3.71 Å². The van der Waals surface area contributed by atoms with E-state index in [1.54, 1.807) is 0 Å². The van der Waals surface area contributed by atoms with Crippen LogP contribution in [-0.2, 0) is 5.11 Å². The predicted octanol–water partition coefficient (Wildman–Crippen LogP) is 1.99. The van der Waals surface area contributed by atoms with Crippen molar-refractivity contribution in [3.63, 3.8) is 0 Å². The third kappa shape index (κ3) is 3.65. The highest BCUT2D eigenvalue weighted by Crippen LogP contribution is 2.18. The van der Waals surface area contributed by atoms with Crippen LogP contribution >= 0.6 is 36.1 Å². The summed E-state index contributed by atoms with van der Waals surface area (Å²) in [7, 11) is 0. The van der Waals surface area contributed by atoms with Crippen molar-refractivity contribution in [1.29, 1.82) is 0 Å². The van der Waals surface area contributed by atoms with Gasteiger partial charge in [0.1, 0.15) is 4.99 Å². The summed E-state index contributed by atoms with van der Waals surface area (Å²) in [6, 6.07) is 0. The van der Waals surface area contributed by atoms with Crippen molar-refractivity contribution in [2.75, 3.05) is 19.1 Å². The third-order valence-corrected chi connectivity index (χ3v) is 3.47. The van der Waals surface area contributed by atoms with E-state index in [2.05, 4.69) is 0 Å². The number of nitrogens with zero attached hydrogens (tertiary/aromatic N) is 1. The van der Waals surface area contributed by atoms with Gasteiger partial charge in [0.2, 0.25) is 0 Å². The van der Waals surface area contributed by atoms with Crippen LogP contribution < -0.4 is 0 Å². The molecule has 0 aliphatic carbocycles. The first kappa shape index (κ1) is 10.6. The first-order chi connectivity index (χ1) is 4.76. The summed E-state index contributed by atoms with van der Waals surface area (Å²) in [6.45, 7) is -0.115. The zero-order valence-electron chi connectivity index (χ0n) is 5.99. The molecule has 0 fully saturated rings. The first-order valence-electron chi connectivity index (χ1n) is 2.75. The zero-order chi connectivity index (χ0) is 7.98. The zero-order valence-corrected chi connectivity index (χ0v) is 8.44. The van der Waals surface area contributed by atoms with E-state index in [9.17, 15) is 5.11 Å². The van der Waals surface area contributed by atoms with Crippen molar-refractivity contribution < 1.29 is 5.11 Å². The molecule has 0 saturated heterocycles. The van der Waals surface area contributed by atoms with Gasteiger partial charge in [0.15, 0.2) is 0 Å². The Morgan fingerprint density at radius 1 is 1.50 bits per heavy atom. The molecule has 0 aromatic heterocycles. The fraction of sp³-hybridized carbons (Fsp3) is 0.800. The molecule has 0 N–H and O–H groups in total. The monoisotopic (exact) mass is 196 g/mol. The summed E-state index contributed by atoms with van der Waals surface area (Å²) >= 11 is 8.03. The fourth-order valence-electron chi connectivity index (χ4n) is 0.457. The molecule has 10 heavy (non-hydrogen) atoms. The summed E-state index contributed by atoms with van der Waals surface area (Å²) in [6.07, 6.45) is 4.35. The van der Waals surface area contributed by atoms with E-state index in [0.717, 1.165) is 4.99 Å². The molecule has 0 unspecified atom stereocenters. The SMILES string of the molecule is CSN(SC)C(=S)CC[O]. The largest absolute Gasteiger partial charge is 0.252 e. The molecule has 0 aliphatic heterocycles. The van der Waals surface area contributed by atoms with E-state index >= 15 is 0 Å². The molecule has 0 spiro atoms. The summed E-state index contributed by atoms with van der Waals surface area (Å²) in [4.78, 5) is 0.731. The van der Waals surface area contributed by atoms with Crippen LogP contribution in [0.4, 0.5) is 0 Å². The highest BCUT2D eigenvalue weighted by atomic mass is 32.2. The first-order valence-corrected chi connectivity index (χ1v) is 5.52. The Morgan fingerprint density at radius 2 is 2.00 bits per heavy atom. The average Bonchev–Trinajstić information content (AvgIpc) is 1.91. The Balaban J connectivity index is 3.65. The summed E-state index contributed by atoms with van der Waals surface area (Å²) in [5.74, 6) is 0. The van der Waals surface area contributed by atoms with Gasteiger partial charge in [0.05, 0.1) is 6.61 Å². The molecule has 0 aromatic rings. The Hall–Kier alpha value is 0.550. The van der Waals surface area contributed by atoms with Gasteiger partial charge >= 0.3 is 0 Å². The highest BCUT2D eigenvalue weighted by molar-refractivity contribution is 8.13. The van der Waals surface area contributed by atoms with Gasteiger partial charge in [-0.25, -0.2) is 5.11 Å². The van der Waals surface area contributed by atoms with Crippen molar-refractivity contribution in [2.24, 2.45) is 0 Å². The van der Waals surface area contributed by atoms with Crippen molar-refractivity contribution in [1.82, 2.24) is 3.71 Å². The molecular weight excluding hydrogens is 186 g/mol. The molecule has 0 atom stereocenters. The molecule has 0 bridgehead atoms. The number of hydrogen-bond acceptors (Lipinski definition) is 3. The van der Waals surface area contributed by atoms with Gasteiger partial charge in [-0.15, -0.1) is 0 Å². The van der Waals surface area contributed by atoms with Gasteiger partial charge in [-0.05, 0) is 23.9 Å². The third-order valence-electron chi connectivity index (χ3n) is 0.851. The Bertz CT molecular complexity index is 105. The van der Waals surface area contributed by atoms with Crippen molar-refractivity contribution >= 4 is 41.1 Å². The lowest BCUT2D eigenvalue weighted by Crippen LogP contribution is -2.14. The molecule has 2 nitrogen and oxygen atoms in total. The highest BCUT2D eigenvalue weighted by Gasteiger charge is 2.05. The van der Waals surface area contributed by atoms with Crippen LogP contribution in [0.25, 0.3) is 0 Å². The van der Waals surface area contributed by atoms with Crippen LogP contribution in [0, 0.1) is 0 Å². The van der Waals surface area contributed by atoms with Crippen LogP contribution in [0.3, 0.4) is 0 Å². The lowest BCUT2D eigenvalue weighted by molar-refractivity contribution is 0.202. The normalized spacial score (nSPS) is 9.50. The fourth-order valence-corrected chi connectivity index (χ4v) is 2.17. The summed E-state index contributed by atoms with van der Waals surface area (Å²) in [5, 5.41) is 10.1.